The van der Waals surface area contributed by atoms with E-state index in [1.54, 1.807) is 42.4 Å². The number of carbonyl (C=O) groups is 2. The number of carbonyl (C=O) groups excluding carboxylic acids is 2. The third-order valence-electron chi connectivity index (χ3n) is 3.70. The summed E-state index contributed by atoms with van der Waals surface area (Å²) in [6.07, 6.45) is 1.73. The van der Waals surface area contributed by atoms with Gasteiger partial charge in [-0.15, -0.1) is 0 Å². The maximum Gasteiger partial charge on any atom is 0.260 e. The molecule has 1 aromatic heterocycles. The largest absolute Gasteiger partial charge is 0.360 e. The highest BCUT2D eigenvalue weighted by molar-refractivity contribution is 6.13. The van der Waals surface area contributed by atoms with Gasteiger partial charge < -0.3 is 15.2 Å². The van der Waals surface area contributed by atoms with E-state index in [2.05, 4.69) is 10.3 Å². The first kappa shape index (κ1) is 14.8. The lowest BCUT2D eigenvalue weighted by molar-refractivity contribution is -0.114. The SMILES string of the molecule is CC(=O)Nc1ccc(N(C)C(=O)c2c[nH]c3ccccc23)cc1. The van der Waals surface area contributed by atoms with Crippen molar-refractivity contribution in [2.24, 2.45) is 0 Å². The van der Waals surface area contributed by atoms with Crippen LogP contribution in [-0.4, -0.2) is 23.8 Å². The number of benzene rings is 2. The summed E-state index contributed by atoms with van der Waals surface area (Å²) in [5, 5.41) is 3.61. The van der Waals surface area contributed by atoms with Crippen LogP contribution < -0.4 is 10.2 Å². The van der Waals surface area contributed by atoms with E-state index in [0.29, 0.717) is 11.3 Å². The van der Waals surface area contributed by atoms with Crippen LogP contribution in [0.1, 0.15) is 17.3 Å². The number of aromatic nitrogens is 1. The summed E-state index contributed by atoms with van der Waals surface area (Å²) in [6.45, 7) is 1.46. The maximum atomic E-state index is 12.7. The van der Waals surface area contributed by atoms with Gasteiger partial charge in [-0.25, -0.2) is 0 Å². The van der Waals surface area contributed by atoms with Crippen molar-refractivity contribution in [3.8, 4) is 0 Å². The number of H-pyrrole nitrogens is 1. The molecule has 2 amide bonds. The van der Waals surface area contributed by atoms with E-state index in [4.69, 9.17) is 0 Å². The predicted octanol–water partition coefficient (Wildman–Crippen LogP) is 3.40. The molecule has 3 aromatic rings. The third-order valence-corrected chi connectivity index (χ3v) is 3.70. The number of rotatable bonds is 3. The summed E-state index contributed by atoms with van der Waals surface area (Å²) in [4.78, 5) is 28.5. The molecule has 0 fully saturated rings. The summed E-state index contributed by atoms with van der Waals surface area (Å²) in [7, 11) is 1.73. The molecule has 0 saturated heterocycles. The summed E-state index contributed by atoms with van der Waals surface area (Å²) >= 11 is 0. The monoisotopic (exact) mass is 307 g/mol. The molecule has 0 unspecified atom stereocenters. The number of anilines is 2. The summed E-state index contributed by atoms with van der Waals surface area (Å²) in [5.41, 5.74) is 3.03. The molecule has 2 N–H and O–H groups in total. The zero-order valence-electron chi connectivity index (χ0n) is 13.0. The molecule has 0 aliphatic rings. The van der Waals surface area contributed by atoms with E-state index in [1.165, 1.54) is 6.92 Å². The van der Waals surface area contributed by atoms with E-state index >= 15 is 0 Å². The lowest BCUT2D eigenvalue weighted by Crippen LogP contribution is -2.25. The fraction of sp³-hybridized carbons (Fsp3) is 0.111. The van der Waals surface area contributed by atoms with Crippen LogP contribution in [0.3, 0.4) is 0 Å². The lowest BCUT2D eigenvalue weighted by atomic mass is 10.1. The number of nitrogens with zero attached hydrogens (tertiary/aromatic N) is 1. The maximum absolute atomic E-state index is 12.7. The molecule has 5 heteroatoms. The number of amides is 2. The van der Waals surface area contributed by atoms with Crippen molar-refractivity contribution in [2.45, 2.75) is 6.92 Å². The molecule has 2 aromatic carbocycles. The van der Waals surface area contributed by atoms with Gasteiger partial charge in [-0.05, 0) is 30.3 Å². The van der Waals surface area contributed by atoms with Gasteiger partial charge in [0.1, 0.15) is 0 Å². The highest BCUT2D eigenvalue weighted by Crippen LogP contribution is 2.23. The van der Waals surface area contributed by atoms with Crippen molar-refractivity contribution in [3.05, 3.63) is 60.3 Å². The van der Waals surface area contributed by atoms with Gasteiger partial charge in [0, 0.05) is 42.4 Å². The molecule has 0 aliphatic carbocycles. The quantitative estimate of drug-likeness (QED) is 0.779. The standard InChI is InChI=1S/C18H17N3O2/c1-12(22)20-13-7-9-14(10-8-13)21(2)18(23)16-11-19-17-6-4-3-5-15(16)17/h3-11,19H,1-2H3,(H,20,22). The van der Waals surface area contributed by atoms with Crippen LogP contribution in [0.2, 0.25) is 0 Å². The average Bonchev–Trinajstić information content (AvgIpc) is 2.97. The molecule has 0 spiro atoms. The molecule has 0 bridgehead atoms. The van der Waals surface area contributed by atoms with Crippen molar-refractivity contribution in [1.82, 2.24) is 4.98 Å². The zero-order chi connectivity index (χ0) is 16.4. The molecule has 3 rings (SSSR count). The fourth-order valence-corrected chi connectivity index (χ4v) is 2.52. The third kappa shape index (κ3) is 2.94. The van der Waals surface area contributed by atoms with E-state index in [1.807, 2.05) is 24.3 Å². The van der Waals surface area contributed by atoms with E-state index in [-0.39, 0.29) is 11.8 Å². The van der Waals surface area contributed by atoms with E-state index in [9.17, 15) is 9.59 Å². The minimum absolute atomic E-state index is 0.0882. The van der Waals surface area contributed by atoms with Crippen LogP contribution in [0.4, 0.5) is 11.4 Å². The highest BCUT2D eigenvalue weighted by Gasteiger charge is 2.17. The minimum Gasteiger partial charge on any atom is -0.360 e. The second-order valence-electron chi connectivity index (χ2n) is 5.34. The van der Waals surface area contributed by atoms with Crippen LogP contribution in [-0.2, 0) is 4.79 Å². The Kier molecular flexibility index (Phi) is 3.85. The Balaban J connectivity index is 1.86. The number of hydrogen-bond acceptors (Lipinski definition) is 2. The Morgan fingerprint density at radius 3 is 2.43 bits per heavy atom. The van der Waals surface area contributed by atoms with Crippen molar-refractivity contribution in [3.63, 3.8) is 0 Å². The molecule has 0 aliphatic heterocycles. The van der Waals surface area contributed by atoms with Crippen LogP contribution in [0.25, 0.3) is 10.9 Å². The second kappa shape index (κ2) is 5.96. The summed E-state index contributed by atoms with van der Waals surface area (Å²) in [5.74, 6) is -0.212. The molecular formula is C18H17N3O2. The Morgan fingerprint density at radius 1 is 1.04 bits per heavy atom. The van der Waals surface area contributed by atoms with Gasteiger partial charge in [0.15, 0.2) is 0 Å². The molecule has 23 heavy (non-hydrogen) atoms. The van der Waals surface area contributed by atoms with Crippen molar-refractivity contribution < 1.29 is 9.59 Å². The van der Waals surface area contributed by atoms with Gasteiger partial charge in [-0.1, -0.05) is 18.2 Å². The molecule has 0 saturated carbocycles. The van der Waals surface area contributed by atoms with Crippen LogP contribution in [0.5, 0.6) is 0 Å². The normalized spacial score (nSPS) is 10.5. The minimum atomic E-state index is -0.124. The average molecular weight is 307 g/mol. The van der Waals surface area contributed by atoms with Crippen LogP contribution >= 0.6 is 0 Å². The smallest absolute Gasteiger partial charge is 0.260 e. The van der Waals surface area contributed by atoms with Crippen molar-refractivity contribution in [2.75, 3.05) is 17.3 Å². The van der Waals surface area contributed by atoms with E-state index < -0.39 is 0 Å². The Hall–Kier alpha value is -3.08. The second-order valence-corrected chi connectivity index (χ2v) is 5.34. The molecular weight excluding hydrogens is 290 g/mol. The first-order valence-corrected chi connectivity index (χ1v) is 7.28. The molecule has 5 nitrogen and oxygen atoms in total. The van der Waals surface area contributed by atoms with Gasteiger partial charge in [0.05, 0.1) is 5.56 Å². The van der Waals surface area contributed by atoms with Crippen LogP contribution in [0, 0.1) is 0 Å². The Labute approximate surface area is 133 Å². The van der Waals surface area contributed by atoms with Crippen molar-refractivity contribution >= 4 is 34.1 Å². The van der Waals surface area contributed by atoms with Gasteiger partial charge in [0.25, 0.3) is 5.91 Å². The number of hydrogen-bond donors (Lipinski definition) is 2. The molecule has 1 heterocycles. The lowest BCUT2D eigenvalue weighted by Gasteiger charge is -2.17. The highest BCUT2D eigenvalue weighted by atomic mass is 16.2. The van der Waals surface area contributed by atoms with Crippen LogP contribution in [0.15, 0.2) is 54.7 Å². The summed E-state index contributed by atoms with van der Waals surface area (Å²) in [6, 6.07) is 14.9. The Morgan fingerprint density at radius 2 is 1.74 bits per heavy atom. The zero-order valence-corrected chi connectivity index (χ0v) is 13.0. The van der Waals surface area contributed by atoms with Gasteiger partial charge >= 0.3 is 0 Å². The first-order chi connectivity index (χ1) is 11.1. The fourth-order valence-electron chi connectivity index (χ4n) is 2.52. The number of para-hydroxylation sites is 1. The van der Waals surface area contributed by atoms with Gasteiger partial charge in [0.2, 0.25) is 5.91 Å². The summed E-state index contributed by atoms with van der Waals surface area (Å²) < 4.78 is 0. The van der Waals surface area contributed by atoms with Gasteiger partial charge in [-0.2, -0.15) is 0 Å². The number of aromatic amines is 1. The van der Waals surface area contributed by atoms with E-state index in [0.717, 1.165) is 16.6 Å². The number of nitrogens with one attached hydrogen (secondary N) is 2. The molecule has 0 radical (unpaired) electrons. The molecule has 0 atom stereocenters. The predicted molar refractivity (Wildman–Crippen MR) is 91.8 cm³/mol. The molecule has 116 valence electrons. The topological polar surface area (TPSA) is 65.2 Å². The number of fused-ring (bicyclic) bond motifs is 1. The first-order valence-electron chi connectivity index (χ1n) is 7.28. The Bertz CT molecular complexity index is 865. The van der Waals surface area contributed by atoms with Gasteiger partial charge in [-0.3, -0.25) is 9.59 Å². The van der Waals surface area contributed by atoms with Crippen molar-refractivity contribution in [1.29, 1.82) is 0 Å².